The lowest BCUT2D eigenvalue weighted by atomic mass is 10.1. The number of halogens is 1. The van der Waals surface area contributed by atoms with Gasteiger partial charge in [-0.15, -0.1) is 10.2 Å². The van der Waals surface area contributed by atoms with Gasteiger partial charge in [0.25, 0.3) is 0 Å². The van der Waals surface area contributed by atoms with Crippen LogP contribution in [0.3, 0.4) is 0 Å². The van der Waals surface area contributed by atoms with E-state index in [0.717, 1.165) is 32.5 Å². The van der Waals surface area contributed by atoms with E-state index < -0.39 is 0 Å². The smallest absolute Gasteiger partial charge is 0.234 e. The van der Waals surface area contributed by atoms with Gasteiger partial charge in [0, 0.05) is 22.4 Å². The molecule has 7 nitrogen and oxygen atoms in total. The summed E-state index contributed by atoms with van der Waals surface area (Å²) in [6.07, 6.45) is 0.110. The van der Waals surface area contributed by atoms with Crippen LogP contribution in [0.1, 0.15) is 29.4 Å². The molecule has 2 N–H and O–H groups in total. The highest BCUT2D eigenvalue weighted by Crippen LogP contribution is 2.26. The molecule has 0 aliphatic heterocycles. The van der Waals surface area contributed by atoms with Crippen LogP contribution in [-0.2, 0) is 22.6 Å². The molecule has 3 rings (SSSR count). The topological polar surface area (TPSA) is 88.9 Å². The summed E-state index contributed by atoms with van der Waals surface area (Å²) in [5, 5.41) is 14.8. The molecule has 0 unspecified atom stereocenters. The van der Waals surface area contributed by atoms with Crippen LogP contribution in [0, 0.1) is 20.8 Å². The van der Waals surface area contributed by atoms with E-state index >= 15 is 0 Å². The lowest BCUT2D eigenvalue weighted by molar-refractivity contribution is -0.116. The Morgan fingerprint density at radius 2 is 1.69 bits per heavy atom. The van der Waals surface area contributed by atoms with E-state index in [2.05, 4.69) is 36.8 Å². The van der Waals surface area contributed by atoms with Gasteiger partial charge in [0.15, 0.2) is 5.16 Å². The highest BCUT2D eigenvalue weighted by molar-refractivity contribution is 9.10. The summed E-state index contributed by atoms with van der Waals surface area (Å²) >= 11 is 4.80. The Bertz CT molecular complexity index is 1130. The summed E-state index contributed by atoms with van der Waals surface area (Å²) in [5.74, 6) is 0.484. The molecule has 0 aliphatic rings. The molecule has 0 spiro atoms. The molecule has 3 aromatic rings. The van der Waals surface area contributed by atoms with Gasteiger partial charge in [-0.3, -0.25) is 9.59 Å². The molecule has 1 aromatic heterocycles. The molecule has 168 valence electrons. The van der Waals surface area contributed by atoms with Crippen LogP contribution in [0.5, 0.6) is 0 Å². The maximum atomic E-state index is 12.5. The monoisotopic (exact) mass is 515 g/mol. The van der Waals surface area contributed by atoms with E-state index in [4.69, 9.17) is 0 Å². The van der Waals surface area contributed by atoms with Crippen LogP contribution < -0.4 is 10.6 Å². The molecule has 32 heavy (non-hydrogen) atoms. The van der Waals surface area contributed by atoms with Gasteiger partial charge in [-0.05, 0) is 63.1 Å². The lowest BCUT2D eigenvalue weighted by Gasteiger charge is -2.12. The van der Waals surface area contributed by atoms with Gasteiger partial charge in [-0.1, -0.05) is 45.4 Å². The first-order valence-electron chi connectivity index (χ1n) is 10.3. The molecule has 9 heteroatoms. The summed E-state index contributed by atoms with van der Waals surface area (Å²) in [6.45, 7) is 8.54. The molecule has 0 saturated heterocycles. The van der Waals surface area contributed by atoms with Gasteiger partial charge in [-0.25, -0.2) is 0 Å². The predicted molar refractivity (Wildman–Crippen MR) is 132 cm³/mol. The standard InChI is InChI=1S/C23H26BrN5O2S/c1-5-29-20(12-21(30)25-17-8-6-14(2)7-9-17)27-28-23(29)32-13-22(31)26-19-11-10-18(24)15(3)16(19)4/h6-11H,5,12-13H2,1-4H3,(H,25,30)(H,26,31). The van der Waals surface area contributed by atoms with Gasteiger partial charge >= 0.3 is 0 Å². The van der Waals surface area contributed by atoms with E-state index in [0.29, 0.717) is 17.5 Å². The van der Waals surface area contributed by atoms with Crippen molar-refractivity contribution < 1.29 is 9.59 Å². The van der Waals surface area contributed by atoms with E-state index in [-0.39, 0.29) is 24.0 Å². The number of amides is 2. The van der Waals surface area contributed by atoms with E-state index in [1.165, 1.54) is 11.8 Å². The second-order valence-corrected chi connectivity index (χ2v) is 9.21. The maximum Gasteiger partial charge on any atom is 0.234 e. The van der Waals surface area contributed by atoms with Crippen LogP contribution >= 0.6 is 27.7 Å². The number of carbonyl (C=O) groups is 2. The molecular weight excluding hydrogens is 490 g/mol. The van der Waals surface area contributed by atoms with Gasteiger partial charge in [0.1, 0.15) is 5.82 Å². The lowest BCUT2D eigenvalue weighted by Crippen LogP contribution is -2.18. The Kier molecular flexibility index (Phi) is 8.09. The summed E-state index contributed by atoms with van der Waals surface area (Å²) in [7, 11) is 0. The Morgan fingerprint density at radius 1 is 0.969 bits per heavy atom. The van der Waals surface area contributed by atoms with Crippen LogP contribution in [0.4, 0.5) is 11.4 Å². The van der Waals surface area contributed by atoms with Crippen molar-refractivity contribution in [1.29, 1.82) is 0 Å². The minimum absolute atomic E-state index is 0.110. The fourth-order valence-corrected chi connectivity index (χ4v) is 4.35. The minimum Gasteiger partial charge on any atom is -0.326 e. The Labute approximate surface area is 200 Å². The number of aryl methyl sites for hydroxylation is 1. The molecule has 0 radical (unpaired) electrons. The number of rotatable bonds is 8. The quantitative estimate of drug-likeness (QED) is 0.416. The number of hydrogen-bond donors (Lipinski definition) is 2. The Balaban J connectivity index is 1.59. The van der Waals surface area contributed by atoms with Gasteiger partial charge in [-0.2, -0.15) is 0 Å². The van der Waals surface area contributed by atoms with E-state index in [1.54, 1.807) is 0 Å². The first-order valence-corrected chi connectivity index (χ1v) is 12.0. The zero-order valence-electron chi connectivity index (χ0n) is 18.5. The van der Waals surface area contributed by atoms with Crippen LogP contribution in [0.25, 0.3) is 0 Å². The third-order valence-electron chi connectivity index (χ3n) is 5.09. The number of nitrogens with zero attached hydrogens (tertiary/aromatic N) is 3. The molecule has 2 amide bonds. The summed E-state index contributed by atoms with van der Waals surface area (Å²) in [6, 6.07) is 11.4. The second-order valence-electron chi connectivity index (χ2n) is 7.42. The number of hydrogen-bond acceptors (Lipinski definition) is 5. The molecular formula is C23H26BrN5O2S. The summed E-state index contributed by atoms with van der Waals surface area (Å²) < 4.78 is 2.87. The van der Waals surface area contributed by atoms with Crippen molar-refractivity contribution in [2.45, 2.75) is 45.8 Å². The zero-order chi connectivity index (χ0) is 23.3. The van der Waals surface area contributed by atoms with Gasteiger partial charge in [0.05, 0.1) is 12.2 Å². The third kappa shape index (κ3) is 5.98. The number of anilines is 2. The van der Waals surface area contributed by atoms with Crippen molar-refractivity contribution in [3.05, 3.63) is 63.4 Å². The van der Waals surface area contributed by atoms with Crippen molar-refractivity contribution in [2.24, 2.45) is 0 Å². The fourth-order valence-electron chi connectivity index (χ4n) is 3.10. The first kappa shape index (κ1) is 24.0. The Hall–Kier alpha value is -2.65. The number of benzene rings is 2. The van der Waals surface area contributed by atoms with Gasteiger partial charge < -0.3 is 15.2 Å². The molecule has 0 saturated carbocycles. The highest BCUT2D eigenvalue weighted by Gasteiger charge is 2.16. The van der Waals surface area contributed by atoms with Crippen molar-refractivity contribution in [3.8, 4) is 0 Å². The van der Waals surface area contributed by atoms with Gasteiger partial charge in [0.2, 0.25) is 11.8 Å². The number of carbonyl (C=O) groups excluding carboxylic acids is 2. The zero-order valence-corrected chi connectivity index (χ0v) is 20.9. The molecule has 0 bridgehead atoms. The molecule has 2 aromatic carbocycles. The fraction of sp³-hybridized carbons (Fsp3) is 0.304. The van der Waals surface area contributed by atoms with Crippen molar-refractivity contribution in [3.63, 3.8) is 0 Å². The average Bonchev–Trinajstić information content (AvgIpc) is 3.15. The molecule has 0 aliphatic carbocycles. The molecule has 0 fully saturated rings. The van der Waals surface area contributed by atoms with Crippen molar-refractivity contribution >= 4 is 50.9 Å². The first-order chi connectivity index (χ1) is 15.3. The van der Waals surface area contributed by atoms with E-state index in [9.17, 15) is 9.59 Å². The van der Waals surface area contributed by atoms with Crippen molar-refractivity contribution in [1.82, 2.24) is 14.8 Å². The average molecular weight is 516 g/mol. The Morgan fingerprint density at radius 3 is 2.38 bits per heavy atom. The molecule has 1 heterocycles. The summed E-state index contributed by atoms with van der Waals surface area (Å²) in [4.78, 5) is 24.9. The molecule has 0 atom stereocenters. The third-order valence-corrected chi connectivity index (χ3v) is 6.92. The number of nitrogens with one attached hydrogen (secondary N) is 2. The highest BCUT2D eigenvalue weighted by atomic mass is 79.9. The van der Waals surface area contributed by atoms with Crippen molar-refractivity contribution in [2.75, 3.05) is 16.4 Å². The maximum absolute atomic E-state index is 12.5. The number of aromatic nitrogens is 3. The van der Waals surface area contributed by atoms with Crippen LogP contribution in [0.2, 0.25) is 0 Å². The predicted octanol–water partition coefficient (Wildman–Crippen LogP) is 4.90. The SMILES string of the molecule is CCn1c(CC(=O)Nc2ccc(C)cc2)nnc1SCC(=O)Nc1ccc(Br)c(C)c1C. The summed E-state index contributed by atoms with van der Waals surface area (Å²) in [5.41, 5.74) is 4.78. The minimum atomic E-state index is -0.161. The van der Waals surface area contributed by atoms with Crippen LogP contribution in [0.15, 0.2) is 46.0 Å². The normalized spacial score (nSPS) is 10.8. The second kappa shape index (κ2) is 10.8. The van der Waals surface area contributed by atoms with Crippen LogP contribution in [-0.4, -0.2) is 32.3 Å². The largest absolute Gasteiger partial charge is 0.326 e. The number of thioether (sulfide) groups is 1. The van der Waals surface area contributed by atoms with E-state index in [1.807, 2.05) is 68.7 Å².